The summed E-state index contributed by atoms with van der Waals surface area (Å²) < 4.78 is 2.02. The Hall–Kier alpha value is -1.32. The van der Waals surface area contributed by atoms with Gasteiger partial charge in [-0.1, -0.05) is 0 Å². The highest BCUT2D eigenvalue weighted by Gasteiger charge is 2.24. The predicted molar refractivity (Wildman–Crippen MR) is 56.1 cm³/mol. The van der Waals surface area contributed by atoms with E-state index >= 15 is 0 Å². The molecule has 0 amide bonds. The third-order valence-electron chi connectivity index (χ3n) is 2.55. The lowest BCUT2D eigenvalue weighted by Crippen LogP contribution is -2.15. The van der Waals surface area contributed by atoms with Crippen molar-refractivity contribution in [2.24, 2.45) is 23.7 Å². The lowest BCUT2D eigenvalue weighted by molar-refractivity contribution is 0.776. The fraction of sp³-hybridized carbons (Fsp3) is 0.600. The van der Waals surface area contributed by atoms with Crippen LogP contribution in [0.25, 0.3) is 0 Å². The van der Waals surface area contributed by atoms with Crippen LogP contribution in [0.2, 0.25) is 0 Å². The van der Waals surface area contributed by atoms with Crippen molar-refractivity contribution in [1.82, 2.24) is 9.55 Å². The molecule has 0 bridgehead atoms. The van der Waals surface area contributed by atoms with Gasteiger partial charge in [-0.05, 0) is 12.8 Å². The van der Waals surface area contributed by atoms with E-state index in [1.807, 2.05) is 24.0 Å². The Balaban J connectivity index is 1.82. The molecule has 0 saturated heterocycles. The van der Waals surface area contributed by atoms with Crippen LogP contribution in [-0.4, -0.2) is 21.9 Å². The molecular formula is C10H16N4. The second-order valence-electron chi connectivity index (χ2n) is 3.79. The fourth-order valence-electron chi connectivity index (χ4n) is 1.43. The van der Waals surface area contributed by atoms with Gasteiger partial charge in [0.25, 0.3) is 0 Å². The Morgan fingerprint density at radius 3 is 3.07 bits per heavy atom. The van der Waals surface area contributed by atoms with Crippen molar-refractivity contribution in [1.29, 1.82) is 0 Å². The Morgan fingerprint density at radius 1 is 1.71 bits per heavy atom. The zero-order valence-electron chi connectivity index (χ0n) is 8.48. The Kier molecular flexibility index (Phi) is 2.52. The van der Waals surface area contributed by atoms with Gasteiger partial charge in [0.05, 0.1) is 5.84 Å². The molecule has 1 aromatic heterocycles. The van der Waals surface area contributed by atoms with Gasteiger partial charge >= 0.3 is 0 Å². The highest BCUT2D eigenvalue weighted by atomic mass is 15.0. The van der Waals surface area contributed by atoms with E-state index in [4.69, 9.17) is 5.73 Å². The van der Waals surface area contributed by atoms with Gasteiger partial charge in [0, 0.05) is 38.3 Å². The average Bonchev–Trinajstić information content (AvgIpc) is 2.93. The molecule has 0 spiro atoms. The van der Waals surface area contributed by atoms with Crippen molar-refractivity contribution < 1.29 is 0 Å². The minimum Gasteiger partial charge on any atom is -0.387 e. The molecule has 0 aromatic carbocycles. The SMILES string of the molecule is Cn1ccnc1CCN=C(N)C1CC1. The van der Waals surface area contributed by atoms with Crippen LogP contribution >= 0.6 is 0 Å². The van der Waals surface area contributed by atoms with E-state index in [1.54, 1.807) is 0 Å². The molecule has 2 rings (SSSR count). The minimum absolute atomic E-state index is 0.580. The molecule has 4 nitrogen and oxygen atoms in total. The number of aliphatic imine (C=N–C) groups is 1. The second kappa shape index (κ2) is 3.82. The molecule has 1 aliphatic rings. The summed E-state index contributed by atoms with van der Waals surface area (Å²) in [6.45, 7) is 0.757. The smallest absolute Gasteiger partial charge is 0.110 e. The Bertz CT molecular complexity index is 336. The summed E-state index contributed by atoms with van der Waals surface area (Å²) in [4.78, 5) is 8.57. The number of amidine groups is 1. The summed E-state index contributed by atoms with van der Waals surface area (Å²) in [6, 6.07) is 0. The zero-order chi connectivity index (χ0) is 9.97. The molecule has 0 radical (unpaired) electrons. The number of aryl methyl sites for hydroxylation is 1. The fourth-order valence-corrected chi connectivity index (χ4v) is 1.43. The van der Waals surface area contributed by atoms with Crippen molar-refractivity contribution >= 4 is 5.84 Å². The zero-order valence-corrected chi connectivity index (χ0v) is 8.48. The monoisotopic (exact) mass is 192 g/mol. The van der Waals surface area contributed by atoms with E-state index < -0.39 is 0 Å². The van der Waals surface area contributed by atoms with Crippen LogP contribution in [0.1, 0.15) is 18.7 Å². The summed E-state index contributed by atoms with van der Waals surface area (Å²) >= 11 is 0. The molecule has 2 N–H and O–H groups in total. The van der Waals surface area contributed by atoms with Gasteiger partial charge < -0.3 is 10.3 Å². The Labute approximate surface area is 83.9 Å². The summed E-state index contributed by atoms with van der Waals surface area (Å²) in [5.74, 6) is 2.48. The average molecular weight is 192 g/mol. The van der Waals surface area contributed by atoms with Gasteiger partial charge in [-0.25, -0.2) is 4.98 Å². The highest BCUT2D eigenvalue weighted by molar-refractivity contribution is 5.84. The van der Waals surface area contributed by atoms with Crippen LogP contribution in [0.3, 0.4) is 0 Å². The van der Waals surface area contributed by atoms with Crippen molar-refractivity contribution in [3.05, 3.63) is 18.2 Å². The topological polar surface area (TPSA) is 56.2 Å². The lowest BCUT2D eigenvalue weighted by atomic mass is 10.3. The number of hydrogen-bond donors (Lipinski definition) is 1. The van der Waals surface area contributed by atoms with E-state index in [1.165, 1.54) is 12.8 Å². The summed E-state index contributed by atoms with van der Waals surface area (Å²) in [7, 11) is 2.00. The van der Waals surface area contributed by atoms with Crippen LogP contribution in [0.5, 0.6) is 0 Å². The molecule has 1 aliphatic carbocycles. The minimum atomic E-state index is 0.580. The molecule has 1 saturated carbocycles. The van der Waals surface area contributed by atoms with Crippen LogP contribution in [0.15, 0.2) is 17.4 Å². The van der Waals surface area contributed by atoms with E-state index in [-0.39, 0.29) is 0 Å². The molecule has 4 heteroatoms. The van der Waals surface area contributed by atoms with Crippen molar-refractivity contribution in [2.45, 2.75) is 19.3 Å². The highest BCUT2D eigenvalue weighted by Crippen LogP contribution is 2.28. The lowest BCUT2D eigenvalue weighted by Gasteiger charge is -1.99. The van der Waals surface area contributed by atoms with Crippen molar-refractivity contribution in [3.63, 3.8) is 0 Å². The Morgan fingerprint density at radius 2 is 2.50 bits per heavy atom. The first kappa shape index (κ1) is 9.24. The third-order valence-corrected chi connectivity index (χ3v) is 2.55. The molecule has 0 unspecified atom stereocenters. The molecule has 0 aliphatic heterocycles. The quantitative estimate of drug-likeness (QED) is 0.565. The largest absolute Gasteiger partial charge is 0.387 e. The number of rotatable bonds is 4. The van der Waals surface area contributed by atoms with Gasteiger partial charge in [0.2, 0.25) is 0 Å². The third kappa shape index (κ3) is 2.13. The van der Waals surface area contributed by atoms with Gasteiger partial charge in [0.15, 0.2) is 0 Å². The maximum atomic E-state index is 5.78. The predicted octanol–water partition coefficient (Wildman–Crippen LogP) is 0.730. The normalized spacial score (nSPS) is 17.4. The first-order valence-electron chi connectivity index (χ1n) is 5.03. The van der Waals surface area contributed by atoms with Crippen molar-refractivity contribution in [2.75, 3.05) is 6.54 Å². The number of imidazole rings is 1. The van der Waals surface area contributed by atoms with Crippen molar-refractivity contribution in [3.8, 4) is 0 Å². The van der Waals surface area contributed by atoms with Crippen LogP contribution < -0.4 is 5.73 Å². The molecular weight excluding hydrogens is 176 g/mol. The van der Waals surface area contributed by atoms with Gasteiger partial charge in [0.1, 0.15) is 5.82 Å². The van der Waals surface area contributed by atoms with Gasteiger partial charge in [-0.2, -0.15) is 0 Å². The van der Waals surface area contributed by atoms with Gasteiger partial charge in [-0.15, -0.1) is 0 Å². The first-order valence-corrected chi connectivity index (χ1v) is 5.03. The van der Waals surface area contributed by atoms with E-state index in [0.29, 0.717) is 5.92 Å². The van der Waals surface area contributed by atoms with E-state index in [9.17, 15) is 0 Å². The second-order valence-corrected chi connectivity index (χ2v) is 3.79. The van der Waals surface area contributed by atoms with Crippen LogP contribution in [0.4, 0.5) is 0 Å². The molecule has 76 valence electrons. The van der Waals surface area contributed by atoms with Gasteiger partial charge in [-0.3, -0.25) is 4.99 Å². The summed E-state index contributed by atoms with van der Waals surface area (Å²) in [5.41, 5.74) is 5.78. The first-order chi connectivity index (χ1) is 6.77. The standard InChI is InChI=1S/C10H16N4/c1-14-7-6-12-9(14)4-5-13-10(11)8-2-3-8/h6-8H,2-5H2,1H3,(H2,11,13). The summed E-state index contributed by atoms with van der Waals surface area (Å²) in [5, 5.41) is 0. The number of nitrogens with zero attached hydrogens (tertiary/aromatic N) is 3. The maximum Gasteiger partial charge on any atom is 0.110 e. The van der Waals surface area contributed by atoms with E-state index in [2.05, 4.69) is 9.98 Å². The molecule has 1 heterocycles. The van der Waals surface area contributed by atoms with E-state index in [0.717, 1.165) is 24.6 Å². The molecule has 0 atom stereocenters. The number of aromatic nitrogens is 2. The maximum absolute atomic E-state index is 5.78. The number of hydrogen-bond acceptors (Lipinski definition) is 2. The molecule has 1 fully saturated rings. The summed E-state index contributed by atoms with van der Waals surface area (Å²) in [6.07, 6.45) is 7.07. The molecule has 14 heavy (non-hydrogen) atoms. The number of nitrogens with two attached hydrogens (primary N) is 1. The van der Waals surface area contributed by atoms with Crippen LogP contribution in [0, 0.1) is 5.92 Å². The molecule has 1 aromatic rings. The van der Waals surface area contributed by atoms with Crippen LogP contribution in [-0.2, 0) is 13.5 Å².